The van der Waals surface area contributed by atoms with Crippen LogP contribution in [0.5, 0.6) is 0 Å². The fourth-order valence-corrected chi connectivity index (χ4v) is 3.06. The Morgan fingerprint density at radius 2 is 1.78 bits per heavy atom. The number of hydrogen-bond donors (Lipinski definition) is 2. The number of halogens is 1. The second kappa shape index (κ2) is 8.62. The number of rotatable bonds is 6. The zero-order chi connectivity index (χ0) is 16.7. The van der Waals surface area contributed by atoms with Crippen molar-refractivity contribution in [3.63, 3.8) is 0 Å². The highest BCUT2D eigenvalue weighted by Gasteiger charge is 2.04. The minimum Gasteiger partial charge on any atom is -0.356 e. The quantitative estimate of drug-likeness (QED) is 0.631. The number of nitrogens with one attached hydrogen (secondary N) is 2. The van der Waals surface area contributed by atoms with E-state index in [2.05, 4.69) is 27.5 Å². The molecule has 0 bridgehead atoms. The van der Waals surface area contributed by atoms with Crippen LogP contribution < -0.4 is 10.6 Å². The second-order valence-corrected chi connectivity index (χ2v) is 6.59. The Morgan fingerprint density at radius 3 is 2.35 bits per heavy atom. The standard InChI is InChI=1S/C17H23FN4S/c1-12-13(2)23-16(22-12)9-11-21-17(19-3)20-10-8-14-4-6-15(18)7-5-14/h4-7H,8-11H2,1-3H3,(H2,19,20,21). The summed E-state index contributed by atoms with van der Waals surface area (Å²) in [5.41, 5.74) is 2.22. The number of hydrogen-bond acceptors (Lipinski definition) is 3. The van der Waals surface area contributed by atoms with Crippen molar-refractivity contribution in [1.29, 1.82) is 0 Å². The van der Waals surface area contributed by atoms with Gasteiger partial charge in [-0.15, -0.1) is 11.3 Å². The number of aryl methyl sites for hydroxylation is 2. The highest BCUT2D eigenvalue weighted by Crippen LogP contribution is 2.16. The van der Waals surface area contributed by atoms with Crippen LogP contribution in [-0.4, -0.2) is 31.1 Å². The fraction of sp³-hybridized carbons (Fsp3) is 0.412. The predicted octanol–water partition coefficient (Wildman–Crippen LogP) is 2.85. The minimum absolute atomic E-state index is 0.202. The molecule has 124 valence electrons. The van der Waals surface area contributed by atoms with Gasteiger partial charge in [-0.25, -0.2) is 9.37 Å². The molecule has 0 aliphatic carbocycles. The van der Waals surface area contributed by atoms with E-state index in [4.69, 9.17) is 0 Å². The summed E-state index contributed by atoms with van der Waals surface area (Å²) < 4.78 is 12.8. The molecule has 0 radical (unpaired) electrons. The summed E-state index contributed by atoms with van der Waals surface area (Å²) in [6, 6.07) is 6.58. The van der Waals surface area contributed by atoms with E-state index in [0.29, 0.717) is 0 Å². The van der Waals surface area contributed by atoms with E-state index in [9.17, 15) is 4.39 Å². The Hall–Kier alpha value is -1.95. The lowest BCUT2D eigenvalue weighted by Crippen LogP contribution is -2.39. The first-order chi connectivity index (χ1) is 11.1. The lowest BCUT2D eigenvalue weighted by molar-refractivity contribution is 0.626. The van der Waals surface area contributed by atoms with Gasteiger partial charge in [0, 0.05) is 31.4 Å². The SMILES string of the molecule is CN=C(NCCc1ccc(F)cc1)NCCc1nc(C)c(C)s1. The summed E-state index contributed by atoms with van der Waals surface area (Å²) in [7, 11) is 1.75. The van der Waals surface area contributed by atoms with Gasteiger partial charge in [-0.2, -0.15) is 0 Å². The monoisotopic (exact) mass is 334 g/mol. The van der Waals surface area contributed by atoms with Crippen LogP contribution in [0.25, 0.3) is 0 Å². The third-order valence-electron chi connectivity index (χ3n) is 3.55. The second-order valence-electron chi connectivity index (χ2n) is 5.30. The lowest BCUT2D eigenvalue weighted by Gasteiger charge is -2.11. The normalized spacial score (nSPS) is 11.6. The number of guanidine groups is 1. The Morgan fingerprint density at radius 1 is 1.13 bits per heavy atom. The van der Waals surface area contributed by atoms with Gasteiger partial charge in [-0.1, -0.05) is 12.1 Å². The zero-order valence-electron chi connectivity index (χ0n) is 13.8. The highest BCUT2D eigenvalue weighted by atomic mass is 32.1. The molecule has 0 amide bonds. The summed E-state index contributed by atoms with van der Waals surface area (Å²) in [5, 5.41) is 7.70. The average molecular weight is 334 g/mol. The van der Waals surface area contributed by atoms with E-state index in [1.165, 1.54) is 17.0 Å². The van der Waals surface area contributed by atoms with Crippen LogP contribution in [0.15, 0.2) is 29.3 Å². The fourth-order valence-electron chi connectivity index (χ4n) is 2.13. The Bertz CT molecular complexity index is 630. The number of aromatic nitrogens is 1. The summed E-state index contributed by atoms with van der Waals surface area (Å²) in [4.78, 5) is 10.0. The third-order valence-corrected chi connectivity index (χ3v) is 4.68. The first-order valence-electron chi connectivity index (χ1n) is 7.70. The first-order valence-corrected chi connectivity index (χ1v) is 8.52. The first kappa shape index (κ1) is 17.4. The molecule has 0 saturated heterocycles. The molecule has 23 heavy (non-hydrogen) atoms. The van der Waals surface area contributed by atoms with Crippen LogP contribution in [0.1, 0.15) is 21.1 Å². The number of aliphatic imine (C=N–C) groups is 1. The van der Waals surface area contributed by atoms with E-state index in [-0.39, 0.29) is 5.82 Å². The van der Waals surface area contributed by atoms with Crippen molar-refractivity contribution < 1.29 is 4.39 Å². The van der Waals surface area contributed by atoms with E-state index in [0.717, 1.165) is 48.2 Å². The molecule has 0 unspecified atom stereocenters. The topological polar surface area (TPSA) is 49.3 Å². The predicted molar refractivity (Wildman–Crippen MR) is 94.8 cm³/mol. The number of nitrogens with zero attached hydrogens (tertiary/aromatic N) is 2. The molecule has 0 aliphatic rings. The molecule has 1 aromatic carbocycles. The highest BCUT2D eigenvalue weighted by molar-refractivity contribution is 7.11. The van der Waals surface area contributed by atoms with Crippen LogP contribution in [0.2, 0.25) is 0 Å². The van der Waals surface area contributed by atoms with Crippen molar-refractivity contribution in [2.24, 2.45) is 4.99 Å². The van der Waals surface area contributed by atoms with E-state index >= 15 is 0 Å². The molecular formula is C17H23FN4S. The van der Waals surface area contributed by atoms with Crippen molar-refractivity contribution >= 4 is 17.3 Å². The van der Waals surface area contributed by atoms with E-state index < -0.39 is 0 Å². The molecule has 2 N–H and O–H groups in total. The number of benzene rings is 1. The Labute approximate surface area is 140 Å². The minimum atomic E-state index is -0.202. The third kappa shape index (κ3) is 5.63. The molecule has 0 saturated carbocycles. The van der Waals surface area contributed by atoms with Crippen molar-refractivity contribution in [2.45, 2.75) is 26.7 Å². The van der Waals surface area contributed by atoms with Gasteiger partial charge < -0.3 is 10.6 Å². The van der Waals surface area contributed by atoms with Gasteiger partial charge in [0.25, 0.3) is 0 Å². The summed E-state index contributed by atoms with van der Waals surface area (Å²) >= 11 is 1.75. The Kier molecular flexibility index (Phi) is 6.52. The molecule has 1 aromatic heterocycles. The lowest BCUT2D eigenvalue weighted by atomic mass is 10.1. The van der Waals surface area contributed by atoms with Crippen LogP contribution in [0.3, 0.4) is 0 Å². The molecule has 0 atom stereocenters. The molecule has 1 heterocycles. The average Bonchev–Trinajstić information content (AvgIpc) is 2.86. The van der Waals surface area contributed by atoms with Crippen LogP contribution >= 0.6 is 11.3 Å². The molecule has 0 aliphatic heterocycles. The van der Waals surface area contributed by atoms with Gasteiger partial charge in [0.2, 0.25) is 0 Å². The van der Waals surface area contributed by atoms with Crippen molar-refractivity contribution in [1.82, 2.24) is 15.6 Å². The molecule has 2 rings (SSSR count). The van der Waals surface area contributed by atoms with Crippen molar-refractivity contribution in [3.05, 3.63) is 51.2 Å². The van der Waals surface area contributed by atoms with Crippen molar-refractivity contribution in [3.8, 4) is 0 Å². The maximum Gasteiger partial charge on any atom is 0.191 e. The van der Waals surface area contributed by atoms with E-state index in [1.807, 2.05) is 6.92 Å². The van der Waals surface area contributed by atoms with Gasteiger partial charge in [-0.3, -0.25) is 4.99 Å². The van der Waals surface area contributed by atoms with Crippen LogP contribution in [0.4, 0.5) is 4.39 Å². The van der Waals surface area contributed by atoms with Crippen molar-refractivity contribution in [2.75, 3.05) is 20.1 Å². The molecule has 4 nitrogen and oxygen atoms in total. The van der Waals surface area contributed by atoms with Gasteiger partial charge in [0.05, 0.1) is 10.7 Å². The van der Waals surface area contributed by atoms with E-state index in [1.54, 1.807) is 30.5 Å². The van der Waals surface area contributed by atoms with Gasteiger partial charge in [0.1, 0.15) is 5.82 Å². The summed E-state index contributed by atoms with van der Waals surface area (Å²) in [6.07, 6.45) is 1.71. The number of thiazole rings is 1. The van der Waals surface area contributed by atoms with Crippen LogP contribution in [0, 0.1) is 19.7 Å². The van der Waals surface area contributed by atoms with Gasteiger partial charge in [-0.05, 0) is 38.0 Å². The van der Waals surface area contributed by atoms with Gasteiger partial charge in [0.15, 0.2) is 5.96 Å². The maximum absolute atomic E-state index is 12.8. The summed E-state index contributed by atoms with van der Waals surface area (Å²) in [5.74, 6) is 0.573. The zero-order valence-corrected chi connectivity index (χ0v) is 14.6. The summed E-state index contributed by atoms with van der Waals surface area (Å²) in [6.45, 7) is 5.68. The maximum atomic E-state index is 12.8. The molecular weight excluding hydrogens is 311 g/mol. The molecule has 0 spiro atoms. The largest absolute Gasteiger partial charge is 0.356 e. The molecule has 0 fully saturated rings. The molecule has 2 aromatic rings. The Balaban J connectivity index is 1.70. The smallest absolute Gasteiger partial charge is 0.191 e. The molecule has 6 heteroatoms. The van der Waals surface area contributed by atoms with Crippen LogP contribution in [-0.2, 0) is 12.8 Å². The van der Waals surface area contributed by atoms with Gasteiger partial charge >= 0.3 is 0 Å².